The van der Waals surface area contributed by atoms with Gasteiger partial charge in [0.25, 0.3) is 11.8 Å². The standard InChI is InChI=1S/C26H33N5O3S/c1-29(2)15-16-34-21-11-6-5-9-17(21)25(32)31-14-8-7-10-20(31)19-13-12-18-22(27)23(26(33)30(3)4)35-24(18)28-19/h5-6,9,11-13,20H,7-8,10,14-16,27H2,1-4H3/t20-/m0/s1. The third kappa shape index (κ3) is 5.26. The van der Waals surface area contributed by atoms with Gasteiger partial charge in [0.2, 0.25) is 0 Å². The van der Waals surface area contributed by atoms with Crippen molar-refractivity contribution in [1.82, 2.24) is 19.7 Å². The van der Waals surface area contributed by atoms with Crippen molar-refractivity contribution in [3.63, 3.8) is 0 Å². The van der Waals surface area contributed by atoms with Gasteiger partial charge >= 0.3 is 0 Å². The number of likely N-dealkylation sites (tertiary alicyclic amines) is 1. The van der Waals surface area contributed by atoms with Crippen molar-refractivity contribution < 1.29 is 14.3 Å². The number of nitrogens with two attached hydrogens (primary N) is 1. The molecule has 2 aromatic heterocycles. The summed E-state index contributed by atoms with van der Waals surface area (Å²) >= 11 is 1.30. The Labute approximate surface area is 210 Å². The maximum atomic E-state index is 13.7. The molecule has 1 aliphatic rings. The smallest absolute Gasteiger partial charge is 0.265 e. The van der Waals surface area contributed by atoms with Gasteiger partial charge in [-0.3, -0.25) is 9.59 Å². The highest BCUT2D eigenvalue weighted by Crippen LogP contribution is 2.37. The molecule has 1 aliphatic heterocycles. The van der Waals surface area contributed by atoms with E-state index in [1.54, 1.807) is 14.1 Å². The van der Waals surface area contributed by atoms with Gasteiger partial charge in [-0.25, -0.2) is 4.98 Å². The van der Waals surface area contributed by atoms with Crippen LogP contribution in [0.5, 0.6) is 5.75 Å². The van der Waals surface area contributed by atoms with E-state index in [0.717, 1.165) is 41.7 Å². The van der Waals surface area contributed by atoms with Gasteiger partial charge in [-0.15, -0.1) is 11.3 Å². The monoisotopic (exact) mass is 495 g/mol. The molecule has 9 heteroatoms. The van der Waals surface area contributed by atoms with Crippen LogP contribution in [0.1, 0.15) is 51.0 Å². The Hall–Kier alpha value is -3.17. The highest BCUT2D eigenvalue weighted by atomic mass is 32.1. The topological polar surface area (TPSA) is 92.0 Å². The van der Waals surface area contributed by atoms with Crippen LogP contribution in [0.25, 0.3) is 10.2 Å². The largest absolute Gasteiger partial charge is 0.491 e. The SMILES string of the molecule is CN(C)CCOc1ccccc1C(=O)N1CCCC[C@H]1c1ccc2c(N)c(C(=O)N(C)C)sc2n1. The van der Waals surface area contributed by atoms with Gasteiger partial charge in [-0.2, -0.15) is 0 Å². The van der Waals surface area contributed by atoms with Gasteiger partial charge in [0.05, 0.1) is 23.0 Å². The summed E-state index contributed by atoms with van der Waals surface area (Å²) in [6, 6.07) is 11.1. The Kier molecular flexibility index (Phi) is 7.57. The Morgan fingerprint density at radius 3 is 2.66 bits per heavy atom. The predicted molar refractivity (Wildman–Crippen MR) is 140 cm³/mol. The molecular weight excluding hydrogens is 462 g/mol. The molecule has 186 valence electrons. The van der Waals surface area contributed by atoms with E-state index in [4.69, 9.17) is 15.5 Å². The molecule has 0 bridgehead atoms. The quantitative estimate of drug-likeness (QED) is 0.535. The minimum atomic E-state index is -0.146. The fourth-order valence-electron chi connectivity index (χ4n) is 4.30. The molecule has 2 amide bonds. The van der Waals surface area contributed by atoms with Crippen LogP contribution in [-0.2, 0) is 0 Å². The van der Waals surface area contributed by atoms with Gasteiger partial charge in [0, 0.05) is 32.6 Å². The molecular formula is C26H33N5O3S. The van der Waals surface area contributed by atoms with Crippen LogP contribution in [0.3, 0.4) is 0 Å². The zero-order chi connectivity index (χ0) is 25.1. The first-order chi connectivity index (χ1) is 16.8. The summed E-state index contributed by atoms with van der Waals surface area (Å²) in [5.41, 5.74) is 8.12. The number of fused-ring (bicyclic) bond motifs is 1. The van der Waals surface area contributed by atoms with Crippen LogP contribution in [0, 0.1) is 0 Å². The Balaban J connectivity index is 1.63. The van der Waals surface area contributed by atoms with Crippen molar-refractivity contribution in [3.05, 3.63) is 52.5 Å². The second-order valence-electron chi connectivity index (χ2n) is 9.29. The maximum absolute atomic E-state index is 13.7. The number of hydrogen-bond donors (Lipinski definition) is 1. The number of anilines is 1. The summed E-state index contributed by atoms with van der Waals surface area (Å²) in [5.74, 6) is 0.420. The summed E-state index contributed by atoms with van der Waals surface area (Å²) in [7, 11) is 7.39. The lowest BCUT2D eigenvalue weighted by molar-refractivity contribution is 0.0601. The van der Waals surface area contributed by atoms with Crippen LogP contribution in [0.15, 0.2) is 36.4 Å². The van der Waals surface area contributed by atoms with Crippen molar-refractivity contribution in [3.8, 4) is 5.75 Å². The van der Waals surface area contributed by atoms with E-state index >= 15 is 0 Å². The van der Waals surface area contributed by atoms with Crippen molar-refractivity contribution in [1.29, 1.82) is 0 Å². The van der Waals surface area contributed by atoms with Gasteiger partial charge in [0.15, 0.2) is 0 Å². The Bertz CT molecular complexity index is 1220. The molecule has 1 atom stereocenters. The number of thiophene rings is 1. The lowest BCUT2D eigenvalue weighted by atomic mass is 9.97. The lowest BCUT2D eigenvalue weighted by Gasteiger charge is -2.35. The number of carbonyl (C=O) groups is 2. The van der Waals surface area contributed by atoms with Crippen LogP contribution in [0.4, 0.5) is 5.69 Å². The molecule has 4 rings (SSSR count). The normalized spacial score (nSPS) is 16.0. The van der Waals surface area contributed by atoms with E-state index in [9.17, 15) is 9.59 Å². The number of amides is 2. The van der Waals surface area contributed by atoms with Crippen LogP contribution in [-0.4, -0.2) is 79.4 Å². The molecule has 0 unspecified atom stereocenters. The number of nitrogen functional groups attached to an aromatic ring is 1. The number of rotatable bonds is 7. The number of pyridine rings is 1. The minimum absolute atomic E-state index is 0.0498. The summed E-state index contributed by atoms with van der Waals surface area (Å²) in [6.45, 7) is 1.93. The molecule has 1 saturated heterocycles. The molecule has 1 fully saturated rings. The fraction of sp³-hybridized carbons (Fsp3) is 0.423. The summed E-state index contributed by atoms with van der Waals surface area (Å²) in [4.78, 5) is 37.8. The number of piperidine rings is 1. The van der Waals surface area contributed by atoms with Gasteiger partial charge in [-0.05, 0) is 57.6 Å². The molecule has 0 saturated carbocycles. The molecule has 0 spiro atoms. The van der Waals surface area contributed by atoms with Crippen LogP contribution < -0.4 is 10.5 Å². The van der Waals surface area contributed by atoms with Crippen molar-refractivity contribution in [2.24, 2.45) is 0 Å². The van der Waals surface area contributed by atoms with Crippen molar-refractivity contribution in [2.45, 2.75) is 25.3 Å². The minimum Gasteiger partial charge on any atom is -0.491 e. The molecule has 3 heterocycles. The average molecular weight is 496 g/mol. The summed E-state index contributed by atoms with van der Waals surface area (Å²) in [6.07, 6.45) is 2.80. The number of likely N-dealkylation sites (N-methyl/N-ethyl adjacent to an activating group) is 1. The van der Waals surface area contributed by atoms with Gasteiger partial charge in [-0.1, -0.05) is 12.1 Å². The molecule has 3 aromatic rings. The fourth-order valence-corrected chi connectivity index (χ4v) is 5.43. The average Bonchev–Trinajstić information content (AvgIpc) is 3.18. The molecule has 35 heavy (non-hydrogen) atoms. The second-order valence-corrected chi connectivity index (χ2v) is 10.3. The molecule has 1 aromatic carbocycles. The van der Waals surface area contributed by atoms with Crippen molar-refractivity contribution in [2.75, 3.05) is 53.6 Å². The summed E-state index contributed by atoms with van der Waals surface area (Å²) < 4.78 is 5.96. The lowest BCUT2D eigenvalue weighted by Crippen LogP contribution is -2.39. The number of ether oxygens (including phenoxy) is 1. The Morgan fingerprint density at radius 2 is 1.91 bits per heavy atom. The van der Waals surface area contributed by atoms with E-state index in [0.29, 0.717) is 35.0 Å². The van der Waals surface area contributed by atoms with E-state index in [1.165, 1.54) is 16.2 Å². The van der Waals surface area contributed by atoms with E-state index in [2.05, 4.69) is 0 Å². The first-order valence-electron chi connectivity index (χ1n) is 11.9. The third-order valence-corrected chi connectivity index (χ3v) is 7.34. The molecule has 0 radical (unpaired) electrons. The molecule has 0 aliphatic carbocycles. The third-order valence-electron chi connectivity index (χ3n) is 6.23. The van der Waals surface area contributed by atoms with Crippen molar-refractivity contribution >= 4 is 39.1 Å². The van der Waals surface area contributed by atoms with Gasteiger partial charge < -0.3 is 25.2 Å². The van der Waals surface area contributed by atoms with Crippen LogP contribution in [0.2, 0.25) is 0 Å². The number of para-hydroxylation sites is 1. The van der Waals surface area contributed by atoms with E-state index in [-0.39, 0.29) is 17.9 Å². The zero-order valence-corrected chi connectivity index (χ0v) is 21.6. The highest BCUT2D eigenvalue weighted by molar-refractivity contribution is 7.21. The highest BCUT2D eigenvalue weighted by Gasteiger charge is 2.31. The molecule has 2 N–H and O–H groups in total. The number of carbonyl (C=O) groups excluding carboxylic acids is 2. The van der Waals surface area contributed by atoms with Gasteiger partial charge in [0.1, 0.15) is 22.1 Å². The van der Waals surface area contributed by atoms with Crippen LogP contribution >= 0.6 is 11.3 Å². The number of nitrogens with zero attached hydrogens (tertiary/aromatic N) is 4. The van der Waals surface area contributed by atoms with E-state index in [1.807, 2.05) is 60.3 Å². The number of hydrogen-bond acceptors (Lipinski definition) is 7. The predicted octanol–water partition coefficient (Wildman–Crippen LogP) is 3.89. The summed E-state index contributed by atoms with van der Waals surface area (Å²) in [5, 5.41) is 0.775. The Morgan fingerprint density at radius 1 is 1.14 bits per heavy atom. The second kappa shape index (κ2) is 10.6. The zero-order valence-electron chi connectivity index (χ0n) is 20.8. The first kappa shape index (κ1) is 24.9. The molecule has 8 nitrogen and oxygen atoms in total. The maximum Gasteiger partial charge on any atom is 0.265 e. The van der Waals surface area contributed by atoms with E-state index < -0.39 is 0 Å². The number of benzene rings is 1. The first-order valence-corrected chi connectivity index (χ1v) is 12.7. The number of aromatic nitrogens is 1.